The van der Waals surface area contributed by atoms with E-state index in [0.717, 1.165) is 25.9 Å². The van der Waals surface area contributed by atoms with Crippen LogP contribution >= 0.6 is 12.4 Å². The van der Waals surface area contributed by atoms with Crippen molar-refractivity contribution < 1.29 is 13.9 Å². The molecular weight excluding hydrogens is 348 g/mol. The monoisotopic (exact) mass is 370 g/mol. The molecule has 2 aromatic heterocycles. The van der Waals surface area contributed by atoms with Crippen molar-refractivity contribution in [2.45, 2.75) is 19.8 Å². The van der Waals surface area contributed by atoms with Crippen LogP contribution in [-0.2, 0) is 4.74 Å². The minimum absolute atomic E-state index is 0. The Morgan fingerprint density at radius 1 is 1.44 bits per heavy atom. The molecule has 1 amide bonds. The summed E-state index contributed by atoms with van der Waals surface area (Å²) in [5.74, 6) is 0.0663. The first-order chi connectivity index (χ1) is 11.6. The van der Waals surface area contributed by atoms with Gasteiger partial charge in [0.15, 0.2) is 0 Å². The Labute approximate surface area is 151 Å². The van der Waals surface area contributed by atoms with Crippen molar-refractivity contribution in [2.75, 3.05) is 33.4 Å². The maximum absolute atomic E-state index is 12.7. The van der Waals surface area contributed by atoms with Crippen molar-refractivity contribution in [3.63, 3.8) is 0 Å². The van der Waals surface area contributed by atoms with Crippen LogP contribution in [0, 0.1) is 12.3 Å². The quantitative estimate of drug-likeness (QED) is 0.724. The van der Waals surface area contributed by atoms with Gasteiger partial charge in [-0.1, -0.05) is 0 Å². The Morgan fingerprint density at radius 3 is 2.84 bits per heavy atom. The number of halogens is 1. The number of carbonyl (C=O) groups is 1. The second-order valence-electron chi connectivity index (χ2n) is 6.31. The third-order valence-electron chi connectivity index (χ3n) is 4.64. The predicted molar refractivity (Wildman–Crippen MR) is 95.4 cm³/mol. The first-order valence-electron chi connectivity index (χ1n) is 8.01. The smallest absolute Gasteiger partial charge is 0.262 e. The molecule has 3 N–H and O–H groups in total. The van der Waals surface area contributed by atoms with Crippen LogP contribution < -0.4 is 16.2 Å². The van der Waals surface area contributed by atoms with E-state index >= 15 is 0 Å². The number of aryl methyl sites for hydroxylation is 1. The fourth-order valence-electron chi connectivity index (χ4n) is 3.32. The summed E-state index contributed by atoms with van der Waals surface area (Å²) in [6, 6.07) is 0. The van der Waals surface area contributed by atoms with Gasteiger partial charge in [-0.05, 0) is 32.9 Å². The number of H-pyrrole nitrogens is 1. The number of nitrogens with zero attached hydrogens (tertiary/aromatic N) is 1. The van der Waals surface area contributed by atoms with Gasteiger partial charge in [-0.15, -0.1) is 12.4 Å². The van der Waals surface area contributed by atoms with Gasteiger partial charge >= 0.3 is 0 Å². The zero-order valence-corrected chi connectivity index (χ0v) is 15.1. The molecule has 0 aliphatic carbocycles. The van der Waals surface area contributed by atoms with Crippen molar-refractivity contribution >= 4 is 29.4 Å². The number of nitrogens with one attached hydrogen (secondary N) is 3. The molecule has 2 aromatic rings. The fraction of sp³-hybridized carbons (Fsp3) is 0.562. The molecule has 3 heterocycles. The highest BCUT2D eigenvalue weighted by Gasteiger charge is 2.33. The van der Waals surface area contributed by atoms with Gasteiger partial charge in [-0.25, -0.2) is 4.98 Å². The maximum Gasteiger partial charge on any atom is 0.262 e. The standard InChI is InChI=1S/C16H22N4O4.ClH/c1-10-11(12-14(22)19-9-20-15(12)24-10)13(21)18-7-16(8-23-2)3-5-17-6-4-16;/h9,17H,3-8H2,1-2H3,(H,18,21)(H,19,20,22);1H. The highest BCUT2D eigenvalue weighted by molar-refractivity contribution is 6.06. The van der Waals surface area contributed by atoms with Gasteiger partial charge in [0.05, 0.1) is 18.5 Å². The lowest BCUT2D eigenvalue weighted by Gasteiger charge is -2.37. The molecular formula is C16H23ClN4O4. The SMILES string of the molecule is COCC1(CNC(=O)c2c(C)oc3nc[nH]c(=O)c23)CCNCC1.Cl. The third kappa shape index (κ3) is 3.86. The number of furan rings is 1. The molecule has 9 heteroatoms. The highest BCUT2D eigenvalue weighted by Crippen LogP contribution is 2.28. The summed E-state index contributed by atoms with van der Waals surface area (Å²) >= 11 is 0. The Kier molecular flexibility index (Phi) is 6.21. The fourth-order valence-corrected chi connectivity index (χ4v) is 3.32. The highest BCUT2D eigenvalue weighted by atomic mass is 35.5. The summed E-state index contributed by atoms with van der Waals surface area (Å²) in [5.41, 5.74) is -0.0421. The van der Waals surface area contributed by atoms with Crippen LogP contribution in [0.5, 0.6) is 0 Å². The molecule has 8 nitrogen and oxygen atoms in total. The lowest BCUT2D eigenvalue weighted by Crippen LogP contribution is -2.47. The molecule has 0 atom stereocenters. The van der Waals surface area contributed by atoms with Crippen molar-refractivity contribution in [1.29, 1.82) is 0 Å². The van der Waals surface area contributed by atoms with Crippen LogP contribution in [0.25, 0.3) is 11.1 Å². The van der Waals surface area contributed by atoms with E-state index in [1.807, 2.05) is 0 Å². The van der Waals surface area contributed by atoms with Gasteiger partial charge in [0.1, 0.15) is 11.1 Å². The molecule has 1 fully saturated rings. The molecule has 0 bridgehead atoms. The Morgan fingerprint density at radius 2 is 2.16 bits per heavy atom. The summed E-state index contributed by atoms with van der Waals surface area (Å²) in [7, 11) is 1.67. The van der Waals surface area contributed by atoms with Crippen LogP contribution in [-0.4, -0.2) is 49.2 Å². The van der Waals surface area contributed by atoms with Gasteiger partial charge in [0.25, 0.3) is 11.5 Å². The van der Waals surface area contributed by atoms with E-state index in [4.69, 9.17) is 9.15 Å². The van der Waals surface area contributed by atoms with E-state index in [9.17, 15) is 9.59 Å². The van der Waals surface area contributed by atoms with Crippen molar-refractivity contribution in [2.24, 2.45) is 5.41 Å². The molecule has 0 saturated carbocycles. The second-order valence-corrected chi connectivity index (χ2v) is 6.31. The molecule has 1 saturated heterocycles. The number of methoxy groups -OCH3 is 1. The van der Waals surface area contributed by atoms with Crippen molar-refractivity contribution in [3.05, 3.63) is 28.0 Å². The van der Waals surface area contributed by atoms with Gasteiger partial charge in [-0.3, -0.25) is 9.59 Å². The van der Waals surface area contributed by atoms with E-state index in [-0.39, 0.29) is 46.0 Å². The Bertz CT molecular complexity index is 790. The molecule has 0 spiro atoms. The summed E-state index contributed by atoms with van der Waals surface area (Å²) in [5, 5.41) is 6.46. The van der Waals surface area contributed by atoms with E-state index < -0.39 is 0 Å². The number of amides is 1. The Balaban J connectivity index is 0.00000225. The zero-order chi connectivity index (χ0) is 17.2. The number of aromatic amines is 1. The van der Waals surface area contributed by atoms with E-state index in [1.165, 1.54) is 6.33 Å². The third-order valence-corrected chi connectivity index (χ3v) is 4.64. The molecule has 0 radical (unpaired) electrons. The molecule has 138 valence electrons. The van der Waals surface area contributed by atoms with Crippen LogP contribution in [0.2, 0.25) is 0 Å². The molecule has 0 aromatic carbocycles. The number of hydrogen-bond donors (Lipinski definition) is 3. The number of fused-ring (bicyclic) bond motifs is 1. The number of hydrogen-bond acceptors (Lipinski definition) is 6. The van der Waals surface area contributed by atoms with Crippen molar-refractivity contribution in [3.8, 4) is 0 Å². The Hall–Kier alpha value is -1.90. The summed E-state index contributed by atoms with van der Waals surface area (Å²) in [6.07, 6.45) is 3.11. The normalized spacial score (nSPS) is 16.4. The van der Waals surface area contributed by atoms with Gasteiger partial charge < -0.3 is 24.8 Å². The van der Waals surface area contributed by atoms with E-state index in [2.05, 4.69) is 20.6 Å². The average molecular weight is 371 g/mol. The lowest BCUT2D eigenvalue weighted by atomic mass is 9.79. The van der Waals surface area contributed by atoms with Crippen LogP contribution in [0.3, 0.4) is 0 Å². The van der Waals surface area contributed by atoms with Gasteiger partial charge in [0.2, 0.25) is 5.71 Å². The van der Waals surface area contributed by atoms with Crippen molar-refractivity contribution in [1.82, 2.24) is 20.6 Å². The average Bonchev–Trinajstić information content (AvgIpc) is 2.91. The topological polar surface area (TPSA) is 109 Å². The second kappa shape index (κ2) is 7.99. The van der Waals surface area contributed by atoms with E-state index in [1.54, 1.807) is 14.0 Å². The molecule has 25 heavy (non-hydrogen) atoms. The minimum Gasteiger partial charge on any atom is -0.442 e. The first-order valence-corrected chi connectivity index (χ1v) is 8.01. The minimum atomic E-state index is -0.379. The van der Waals surface area contributed by atoms with E-state index in [0.29, 0.717) is 18.9 Å². The lowest BCUT2D eigenvalue weighted by molar-refractivity contribution is 0.0511. The van der Waals surface area contributed by atoms with Gasteiger partial charge in [0, 0.05) is 19.1 Å². The van der Waals surface area contributed by atoms with Crippen LogP contribution in [0.1, 0.15) is 29.0 Å². The van der Waals surface area contributed by atoms with Crippen LogP contribution in [0.4, 0.5) is 0 Å². The number of rotatable bonds is 5. The summed E-state index contributed by atoms with van der Waals surface area (Å²) in [4.78, 5) is 31.1. The zero-order valence-electron chi connectivity index (χ0n) is 14.3. The first kappa shape index (κ1) is 19.4. The molecule has 3 rings (SSSR count). The number of carbonyl (C=O) groups excluding carboxylic acids is 1. The van der Waals surface area contributed by atoms with Crippen LogP contribution in [0.15, 0.2) is 15.5 Å². The summed E-state index contributed by atoms with van der Waals surface area (Å²) < 4.78 is 10.8. The largest absolute Gasteiger partial charge is 0.442 e. The maximum atomic E-state index is 12.7. The molecule has 1 aliphatic heterocycles. The molecule has 0 unspecified atom stereocenters. The summed E-state index contributed by atoms with van der Waals surface area (Å²) in [6.45, 7) is 4.53. The van der Waals surface area contributed by atoms with Gasteiger partial charge in [-0.2, -0.15) is 0 Å². The number of piperidine rings is 1. The number of aromatic nitrogens is 2. The number of ether oxygens (including phenoxy) is 1. The predicted octanol–water partition coefficient (Wildman–Crippen LogP) is 0.992. The molecule has 1 aliphatic rings.